The van der Waals surface area contributed by atoms with Crippen molar-refractivity contribution in [3.63, 3.8) is 0 Å². The van der Waals surface area contributed by atoms with Crippen LogP contribution in [-0.2, 0) is 6.42 Å². The van der Waals surface area contributed by atoms with Gasteiger partial charge in [0.25, 0.3) is 0 Å². The van der Waals surface area contributed by atoms with E-state index in [1.54, 1.807) is 6.07 Å². The number of hydrogen-bond donors (Lipinski definition) is 1. The Morgan fingerprint density at radius 2 is 2.10 bits per heavy atom. The molecule has 1 aromatic rings. The van der Waals surface area contributed by atoms with E-state index in [-0.39, 0.29) is 24.2 Å². The van der Waals surface area contributed by atoms with Crippen molar-refractivity contribution in [2.75, 3.05) is 13.7 Å². The van der Waals surface area contributed by atoms with E-state index >= 15 is 0 Å². The Balaban J connectivity index is 2.19. The number of rotatable bonds is 3. The first kappa shape index (κ1) is 15.1. The zero-order valence-corrected chi connectivity index (χ0v) is 11.1. The molecule has 20 heavy (non-hydrogen) atoms. The average Bonchev–Trinajstić information content (AvgIpc) is 2.40. The van der Waals surface area contributed by atoms with Crippen molar-refractivity contribution in [2.45, 2.75) is 31.5 Å². The molecule has 6 heteroatoms. The number of hydrogen-bond acceptors (Lipinski definition) is 2. The Kier molecular flexibility index (Phi) is 4.52. The molecule has 1 heterocycles. The molecule has 2 unspecified atom stereocenters. The molecule has 1 fully saturated rings. The van der Waals surface area contributed by atoms with Crippen LogP contribution in [0.4, 0.5) is 17.6 Å². The minimum atomic E-state index is -4.26. The molecule has 0 spiro atoms. The molecule has 0 radical (unpaired) electrons. The second-order valence-corrected chi connectivity index (χ2v) is 4.99. The fourth-order valence-corrected chi connectivity index (χ4v) is 2.67. The molecule has 1 N–H and O–H groups in total. The Labute approximate surface area is 115 Å². The third-order valence-electron chi connectivity index (χ3n) is 3.71. The number of benzene rings is 1. The summed E-state index contributed by atoms with van der Waals surface area (Å²) in [5.74, 6) is -1.95. The monoisotopic (exact) mass is 291 g/mol. The predicted octanol–water partition coefficient (Wildman–Crippen LogP) is 3.31. The van der Waals surface area contributed by atoms with Gasteiger partial charge in [0.2, 0.25) is 0 Å². The average molecular weight is 291 g/mol. The highest BCUT2D eigenvalue weighted by Gasteiger charge is 2.45. The fourth-order valence-electron chi connectivity index (χ4n) is 2.67. The highest BCUT2D eigenvalue weighted by atomic mass is 19.4. The fraction of sp³-hybridized carbons (Fsp3) is 0.571. The standard InChI is InChI=1S/C14H17F4NO/c1-20-12-6-2-4-9(13(12)15)8-11-10(14(16,17)18)5-3-7-19-11/h2,4,6,10-11,19H,3,5,7-8H2,1H3. The van der Waals surface area contributed by atoms with Crippen LogP contribution in [0, 0.1) is 11.7 Å². The molecule has 2 atom stereocenters. The molecular weight excluding hydrogens is 274 g/mol. The van der Waals surface area contributed by atoms with Gasteiger partial charge in [-0.15, -0.1) is 0 Å². The molecular formula is C14H17F4NO. The van der Waals surface area contributed by atoms with Crippen molar-refractivity contribution < 1.29 is 22.3 Å². The van der Waals surface area contributed by atoms with Crippen LogP contribution in [-0.4, -0.2) is 25.9 Å². The molecule has 0 bridgehead atoms. The molecule has 0 aliphatic carbocycles. The number of nitrogens with one attached hydrogen (secondary N) is 1. The molecule has 1 aliphatic heterocycles. The van der Waals surface area contributed by atoms with Gasteiger partial charge in [-0.1, -0.05) is 12.1 Å². The summed E-state index contributed by atoms with van der Waals surface area (Å²) in [6, 6.07) is 3.75. The summed E-state index contributed by atoms with van der Waals surface area (Å²) in [4.78, 5) is 0. The Hall–Kier alpha value is -1.30. The summed E-state index contributed by atoms with van der Waals surface area (Å²) >= 11 is 0. The third kappa shape index (κ3) is 3.23. The SMILES string of the molecule is COc1cccc(CC2NCCCC2C(F)(F)F)c1F. The van der Waals surface area contributed by atoms with Crippen LogP contribution < -0.4 is 10.1 Å². The van der Waals surface area contributed by atoms with E-state index in [1.807, 2.05) is 0 Å². The van der Waals surface area contributed by atoms with Crippen LogP contribution in [0.1, 0.15) is 18.4 Å². The van der Waals surface area contributed by atoms with E-state index in [2.05, 4.69) is 5.32 Å². The van der Waals surface area contributed by atoms with Gasteiger partial charge in [-0.05, 0) is 37.4 Å². The van der Waals surface area contributed by atoms with Crippen molar-refractivity contribution >= 4 is 0 Å². The first-order valence-electron chi connectivity index (χ1n) is 6.55. The van der Waals surface area contributed by atoms with Crippen molar-refractivity contribution in [2.24, 2.45) is 5.92 Å². The molecule has 1 saturated heterocycles. The van der Waals surface area contributed by atoms with E-state index in [1.165, 1.54) is 19.2 Å². The Morgan fingerprint density at radius 1 is 1.35 bits per heavy atom. The molecule has 0 aromatic heterocycles. The zero-order chi connectivity index (χ0) is 14.8. The van der Waals surface area contributed by atoms with Gasteiger partial charge in [0.05, 0.1) is 13.0 Å². The lowest BCUT2D eigenvalue weighted by molar-refractivity contribution is -0.188. The van der Waals surface area contributed by atoms with Crippen molar-refractivity contribution in [3.05, 3.63) is 29.6 Å². The van der Waals surface area contributed by atoms with Gasteiger partial charge >= 0.3 is 6.18 Å². The highest BCUT2D eigenvalue weighted by molar-refractivity contribution is 5.31. The van der Waals surface area contributed by atoms with Gasteiger partial charge < -0.3 is 10.1 Å². The highest BCUT2D eigenvalue weighted by Crippen LogP contribution is 2.36. The maximum absolute atomic E-state index is 14.0. The summed E-state index contributed by atoms with van der Waals surface area (Å²) < 4.78 is 57.8. The molecule has 2 rings (SSSR count). The van der Waals surface area contributed by atoms with Gasteiger partial charge in [-0.2, -0.15) is 13.2 Å². The van der Waals surface area contributed by atoms with Crippen molar-refractivity contribution in [3.8, 4) is 5.75 Å². The quantitative estimate of drug-likeness (QED) is 0.863. The Bertz CT molecular complexity index is 461. The van der Waals surface area contributed by atoms with Crippen molar-refractivity contribution in [1.82, 2.24) is 5.32 Å². The normalized spacial score (nSPS) is 23.6. The topological polar surface area (TPSA) is 21.3 Å². The summed E-state index contributed by atoms with van der Waals surface area (Å²) in [5.41, 5.74) is 0.248. The second kappa shape index (κ2) is 5.99. The summed E-state index contributed by atoms with van der Waals surface area (Å²) in [6.07, 6.45) is -3.67. The van der Waals surface area contributed by atoms with Gasteiger partial charge in [-0.25, -0.2) is 4.39 Å². The first-order valence-corrected chi connectivity index (χ1v) is 6.55. The lowest BCUT2D eigenvalue weighted by Crippen LogP contribution is -2.48. The number of ether oxygens (including phenoxy) is 1. The van der Waals surface area contributed by atoms with Crippen LogP contribution in [0.5, 0.6) is 5.75 Å². The van der Waals surface area contributed by atoms with E-state index in [9.17, 15) is 17.6 Å². The lowest BCUT2D eigenvalue weighted by atomic mass is 9.86. The molecule has 0 saturated carbocycles. The largest absolute Gasteiger partial charge is 0.494 e. The smallest absolute Gasteiger partial charge is 0.393 e. The van der Waals surface area contributed by atoms with Crippen LogP contribution in [0.15, 0.2) is 18.2 Å². The van der Waals surface area contributed by atoms with Gasteiger partial charge in [0.15, 0.2) is 11.6 Å². The first-order chi connectivity index (χ1) is 9.43. The van der Waals surface area contributed by atoms with Crippen molar-refractivity contribution in [1.29, 1.82) is 0 Å². The number of alkyl halides is 3. The Morgan fingerprint density at radius 3 is 2.75 bits per heavy atom. The summed E-state index contributed by atoms with van der Waals surface area (Å²) in [5, 5.41) is 2.86. The number of halogens is 4. The third-order valence-corrected chi connectivity index (χ3v) is 3.71. The lowest BCUT2D eigenvalue weighted by Gasteiger charge is -2.34. The minimum Gasteiger partial charge on any atom is -0.494 e. The van der Waals surface area contributed by atoms with E-state index < -0.39 is 24.0 Å². The van der Waals surface area contributed by atoms with Crippen LogP contribution in [0.3, 0.4) is 0 Å². The second-order valence-electron chi connectivity index (χ2n) is 4.99. The van der Waals surface area contributed by atoms with Crippen LogP contribution in [0.25, 0.3) is 0 Å². The molecule has 2 nitrogen and oxygen atoms in total. The molecule has 0 amide bonds. The number of methoxy groups -OCH3 is 1. The zero-order valence-electron chi connectivity index (χ0n) is 11.1. The maximum Gasteiger partial charge on any atom is 0.393 e. The maximum atomic E-state index is 14.0. The van der Waals surface area contributed by atoms with Crippen LogP contribution >= 0.6 is 0 Å². The molecule has 1 aliphatic rings. The summed E-state index contributed by atoms with van der Waals surface area (Å²) in [6.45, 7) is 0.531. The van der Waals surface area contributed by atoms with Gasteiger partial charge in [-0.3, -0.25) is 0 Å². The minimum absolute atomic E-state index is 0.00715. The van der Waals surface area contributed by atoms with Gasteiger partial charge in [0, 0.05) is 6.04 Å². The molecule has 1 aromatic carbocycles. The predicted molar refractivity (Wildman–Crippen MR) is 67.2 cm³/mol. The number of piperidine rings is 1. The molecule has 112 valence electrons. The van der Waals surface area contributed by atoms with E-state index in [0.717, 1.165) is 0 Å². The van der Waals surface area contributed by atoms with E-state index in [4.69, 9.17) is 4.74 Å². The van der Waals surface area contributed by atoms with Gasteiger partial charge in [0.1, 0.15) is 0 Å². The summed E-state index contributed by atoms with van der Waals surface area (Å²) in [7, 11) is 1.33. The van der Waals surface area contributed by atoms with E-state index in [0.29, 0.717) is 13.0 Å². The van der Waals surface area contributed by atoms with Crippen LogP contribution in [0.2, 0.25) is 0 Å².